The number of esters is 1. The van der Waals surface area contributed by atoms with Gasteiger partial charge in [-0.25, -0.2) is 4.79 Å². The molecule has 4 nitrogen and oxygen atoms in total. The lowest BCUT2D eigenvalue weighted by Gasteiger charge is -2.04. The molecule has 3 rings (SSSR count). The number of ketones is 1. The Morgan fingerprint density at radius 2 is 1.56 bits per heavy atom. The van der Waals surface area contributed by atoms with Gasteiger partial charge in [0.15, 0.2) is 5.78 Å². The van der Waals surface area contributed by atoms with Crippen molar-refractivity contribution in [2.24, 2.45) is 0 Å². The van der Waals surface area contributed by atoms with Gasteiger partial charge in [-0.15, -0.1) is 0 Å². The first-order valence-corrected chi connectivity index (χ1v) is 7.72. The van der Waals surface area contributed by atoms with Crippen LogP contribution in [0, 0.1) is 0 Å². The molecule has 0 N–H and O–H groups in total. The van der Waals surface area contributed by atoms with Gasteiger partial charge in [0.1, 0.15) is 5.75 Å². The molecule has 0 unspecified atom stereocenters. The van der Waals surface area contributed by atoms with Crippen LogP contribution in [0.2, 0.25) is 0 Å². The Hall–Kier alpha value is -3.53. The quantitative estimate of drug-likeness (QED) is 0.305. The summed E-state index contributed by atoms with van der Waals surface area (Å²) in [6.45, 7) is 0. The SMILES string of the molecule is O=C(/C=C/c1ccc(OC(=O)c2cccnc2)cc1)c1ccccc1. The molecule has 0 bridgehead atoms. The van der Waals surface area contributed by atoms with Crippen molar-refractivity contribution in [3.8, 4) is 5.75 Å². The van der Waals surface area contributed by atoms with Crippen LogP contribution in [-0.4, -0.2) is 16.7 Å². The van der Waals surface area contributed by atoms with E-state index in [0.717, 1.165) is 5.56 Å². The molecule has 25 heavy (non-hydrogen) atoms. The maximum absolute atomic E-state index is 12.0. The summed E-state index contributed by atoms with van der Waals surface area (Å²) >= 11 is 0. The molecule has 0 radical (unpaired) electrons. The Balaban J connectivity index is 1.63. The van der Waals surface area contributed by atoms with E-state index >= 15 is 0 Å². The van der Waals surface area contributed by atoms with Gasteiger partial charge >= 0.3 is 5.97 Å². The summed E-state index contributed by atoms with van der Waals surface area (Å²) in [5.74, 6) is -0.0938. The molecule has 3 aromatic rings. The van der Waals surface area contributed by atoms with Crippen LogP contribution in [0.15, 0.2) is 85.2 Å². The molecule has 2 aromatic carbocycles. The van der Waals surface area contributed by atoms with Gasteiger partial charge < -0.3 is 4.74 Å². The molecule has 0 aliphatic carbocycles. The molecule has 0 spiro atoms. The number of hydrogen-bond donors (Lipinski definition) is 0. The molecular formula is C21H15NO3. The van der Waals surface area contributed by atoms with Crippen molar-refractivity contribution in [3.63, 3.8) is 0 Å². The Kier molecular flexibility index (Phi) is 5.12. The van der Waals surface area contributed by atoms with E-state index < -0.39 is 5.97 Å². The van der Waals surface area contributed by atoms with E-state index in [1.807, 2.05) is 18.2 Å². The number of benzene rings is 2. The van der Waals surface area contributed by atoms with Crippen molar-refractivity contribution >= 4 is 17.8 Å². The molecule has 0 saturated heterocycles. The standard InChI is InChI=1S/C21H15NO3/c23-20(17-5-2-1-3-6-17)13-10-16-8-11-19(12-9-16)25-21(24)18-7-4-14-22-15-18/h1-15H/b13-10+. The van der Waals surface area contributed by atoms with Crippen molar-refractivity contribution in [1.29, 1.82) is 0 Å². The number of pyridine rings is 1. The van der Waals surface area contributed by atoms with E-state index in [9.17, 15) is 9.59 Å². The summed E-state index contributed by atoms with van der Waals surface area (Å²) in [4.78, 5) is 27.9. The highest BCUT2D eigenvalue weighted by atomic mass is 16.5. The van der Waals surface area contributed by atoms with Gasteiger partial charge in [0, 0.05) is 18.0 Å². The van der Waals surface area contributed by atoms with Crippen molar-refractivity contribution in [1.82, 2.24) is 4.98 Å². The number of allylic oxidation sites excluding steroid dienone is 1. The van der Waals surface area contributed by atoms with Crippen LogP contribution in [0.3, 0.4) is 0 Å². The Labute approximate surface area is 145 Å². The second kappa shape index (κ2) is 7.84. The number of carbonyl (C=O) groups is 2. The molecular weight excluding hydrogens is 314 g/mol. The second-order valence-electron chi connectivity index (χ2n) is 5.26. The highest BCUT2D eigenvalue weighted by Gasteiger charge is 2.08. The molecule has 0 amide bonds. The number of ether oxygens (including phenoxy) is 1. The fourth-order valence-electron chi connectivity index (χ4n) is 2.17. The first kappa shape index (κ1) is 16.3. The maximum Gasteiger partial charge on any atom is 0.345 e. The first-order valence-electron chi connectivity index (χ1n) is 7.72. The topological polar surface area (TPSA) is 56.3 Å². The van der Waals surface area contributed by atoms with E-state index in [2.05, 4.69) is 4.98 Å². The number of rotatable bonds is 5. The van der Waals surface area contributed by atoms with Crippen molar-refractivity contribution in [2.75, 3.05) is 0 Å². The lowest BCUT2D eigenvalue weighted by molar-refractivity contribution is 0.0734. The number of aromatic nitrogens is 1. The molecule has 1 aromatic heterocycles. The zero-order valence-electron chi connectivity index (χ0n) is 13.3. The molecule has 0 aliphatic rings. The normalized spacial score (nSPS) is 10.6. The zero-order chi connectivity index (χ0) is 17.5. The van der Waals surface area contributed by atoms with E-state index in [4.69, 9.17) is 4.74 Å². The highest BCUT2D eigenvalue weighted by Crippen LogP contribution is 2.15. The molecule has 122 valence electrons. The predicted octanol–water partition coefficient (Wildman–Crippen LogP) is 4.20. The average molecular weight is 329 g/mol. The number of hydrogen-bond acceptors (Lipinski definition) is 4. The summed E-state index contributed by atoms with van der Waals surface area (Å²) in [5, 5.41) is 0. The minimum atomic E-state index is -0.462. The van der Waals surface area contributed by atoms with E-state index in [1.54, 1.807) is 60.8 Å². The van der Waals surface area contributed by atoms with E-state index in [0.29, 0.717) is 16.9 Å². The molecule has 0 aliphatic heterocycles. The summed E-state index contributed by atoms with van der Waals surface area (Å²) in [7, 11) is 0. The molecule has 4 heteroatoms. The molecule has 0 atom stereocenters. The van der Waals surface area contributed by atoms with Gasteiger partial charge in [-0.2, -0.15) is 0 Å². The van der Waals surface area contributed by atoms with Crippen LogP contribution in [0.25, 0.3) is 6.08 Å². The zero-order valence-corrected chi connectivity index (χ0v) is 13.3. The highest BCUT2D eigenvalue weighted by molar-refractivity contribution is 6.06. The fourth-order valence-corrected chi connectivity index (χ4v) is 2.17. The Morgan fingerprint density at radius 1 is 0.840 bits per heavy atom. The summed E-state index contributed by atoms with van der Waals surface area (Å²) in [6, 6.07) is 19.3. The molecule has 1 heterocycles. The number of nitrogens with zero attached hydrogens (tertiary/aromatic N) is 1. The van der Waals surface area contributed by atoms with Gasteiger partial charge in [0.25, 0.3) is 0 Å². The summed E-state index contributed by atoms with van der Waals surface area (Å²) in [6.07, 6.45) is 6.29. The van der Waals surface area contributed by atoms with Crippen molar-refractivity contribution in [2.45, 2.75) is 0 Å². The lowest BCUT2D eigenvalue weighted by atomic mass is 10.1. The van der Waals surface area contributed by atoms with Crippen LogP contribution in [-0.2, 0) is 0 Å². The van der Waals surface area contributed by atoms with Crippen molar-refractivity contribution < 1.29 is 14.3 Å². The third-order valence-corrected chi connectivity index (χ3v) is 3.47. The van der Waals surface area contributed by atoms with E-state index in [-0.39, 0.29) is 5.78 Å². The summed E-state index contributed by atoms with van der Waals surface area (Å²) < 4.78 is 5.28. The average Bonchev–Trinajstić information content (AvgIpc) is 2.68. The largest absolute Gasteiger partial charge is 0.423 e. The monoisotopic (exact) mass is 329 g/mol. The van der Waals surface area contributed by atoms with Crippen LogP contribution < -0.4 is 4.74 Å². The molecule has 0 saturated carbocycles. The maximum atomic E-state index is 12.0. The third-order valence-electron chi connectivity index (χ3n) is 3.47. The van der Waals surface area contributed by atoms with Gasteiger partial charge in [-0.1, -0.05) is 48.5 Å². The van der Waals surface area contributed by atoms with Crippen LogP contribution in [0.4, 0.5) is 0 Å². The Morgan fingerprint density at radius 3 is 2.24 bits per heavy atom. The number of carbonyl (C=O) groups excluding carboxylic acids is 2. The minimum absolute atomic E-state index is 0.0623. The van der Waals surface area contributed by atoms with Gasteiger partial charge in [0.05, 0.1) is 5.56 Å². The van der Waals surface area contributed by atoms with Crippen molar-refractivity contribution in [3.05, 3.63) is 102 Å². The predicted molar refractivity (Wildman–Crippen MR) is 95.4 cm³/mol. The second-order valence-corrected chi connectivity index (χ2v) is 5.26. The van der Waals surface area contributed by atoms with Crippen LogP contribution >= 0.6 is 0 Å². The lowest BCUT2D eigenvalue weighted by Crippen LogP contribution is -2.08. The van der Waals surface area contributed by atoms with Gasteiger partial charge in [-0.3, -0.25) is 9.78 Å². The molecule has 0 fully saturated rings. The summed E-state index contributed by atoms with van der Waals surface area (Å²) in [5.41, 5.74) is 1.87. The van der Waals surface area contributed by atoms with Gasteiger partial charge in [0.2, 0.25) is 0 Å². The fraction of sp³-hybridized carbons (Fsp3) is 0. The minimum Gasteiger partial charge on any atom is -0.423 e. The van der Waals surface area contributed by atoms with Gasteiger partial charge in [-0.05, 0) is 35.9 Å². The van der Waals surface area contributed by atoms with Crippen LogP contribution in [0.5, 0.6) is 5.75 Å². The Bertz CT molecular complexity index is 885. The first-order chi connectivity index (χ1) is 12.2. The van der Waals surface area contributed by atoms with E-state index in [1.165, 1.54) is 12.3 Å². The third kappa shape index (κ3) is 4.48. The smallest absolute Gasteiger partial charge is 0.345 e. The van der Waals surface area contributed by atoms with Crippen LogP contribution in [0.1, 0.15) is 26.3 Å².